The summed E-state index contributed by atoms with van der Waals surface area (Å²) in [6.07, 6.45) is 4.95. The van der Waals surface area contributed by atoms with Gasteiger partial charge in [0.05, 0.1) is 37.4 Å². The zero-order chi connectivity index (χ0) is 29.1. The van der Waals surface area contributed by atoms with Crippen LogP contribution in [0.2, 0.25) is 0 Å². The van der Waals surface area contributed by atoms with Crippen molar-refractivity contribution in [3.8, 4) is 5.75 Å². The SMILES string of the molecule is CC[C@@H]1C(=O)N(C)c2ccc(Nc3ccc(C(=O)NC4CCC(N5CCOCC5)CC4)cc3OC)cc2N1C(C)C. The Balaban J connectivity index is 1.26. The van der Waals surface area contributed by atoms with Crippen molar-refractivity contribution in [2.75, 3.05) is 55.6 Å². The molecule has 1 aliphatic carbocycles. The number of nitrogens with zero attached hydrogens (tertiary/aromatic N) is 3. The Morgan fingerprint density at radius 1 is 1.05 bits per heavy atom. The number of anilines is 4. The van der Waals surface area contributed by atoms with Crippen molar-refractivity contribution in [2.45, 2.75) is 77.0 Å². The Labute approximate surface area is 244 Å². The average Bonchev–Trinajstić information content (AvgIpc) is 2.99. The van der Waals surface area contributed by atoms with Crippen LogP contribution in [0, 0.1) is 0 Å². The molecule has 1 saturated carbocycles. The van der Waals surface area contributed by atoms with Gasteiger partial charge < -0.3 is 29.9 Å². The fraction of sp³-hybridized carbons (Fsp3) is 0.562. The van der Waals surface area contributed by atoms with E-state index < -0.39 is 0 Å². The molecule has 5 rings (SSSR count). The molecular formula is C32H45N5O4. The first-order valence-corrected chi connectivity index (χ1v) is 15.1. The summed E-state index contributed by atoms with van der Waals surface area (Å²) in [6.45, 7) is 9.96. The van der Waals surface area contributed by atoms with Crippen molar-refractivity contribution in [1.82, 2.24) is 10.2 Å². The number of rotatable bonds is 8. The first-order valence-electron chi connectivity index (χ1n) is 15.1. The quantitative estimate of drug-likeness (QED) is 0.478. The number of morpholine rings is 1. The molecule has 9 nitrogen and oxygen atoms in total. The lowest BCUT2D eigenvalue weighted by Crippen LogP contribution is -2.54. The Kier molecular flexibility index (Phi) is 9.04. The van der Waals surface area contributed by atoms with Crippen molar-refractivity contribution in [3.63, 3.8) is 0 Å². The summed E-state index contributed by atoms with van der Waals surface area (Å²) in [7, 11) is 3.46. The number of hydrogen-bond acceptors (Lipinski definition) is 7. The minimum absolute atomic E-state index is 0.0654. The molecule has 2 aromatic carbocycles. The molecule has 0 bridgehead atoms. The van der Waals surface area contributed by atoms with Crippen LogP contribution in [0.4, 0.5) is 22.7 Å². The Hall–Kier alpha value is -3.30. The number of hydrogen-bond donors (Lipinski definition) is 2. The van der Waals surface area contributed by atoms with Crippen molar-refractivity contribution >= 4 is 34.6 Å². The molecule has 0 spiro atoms. The molecule has 2 amide bonds. The van der Waals surface area contributed by atoms with Gasteiger partial charge in [-0.25, -0.2) is 0 Å². The zero-order valence-electron chi connectivity index (χ0n) is 25.1. The van der Waals surface area contributed by atoms with Gasteiger partial charge in [-0.3, -0.25) is 14.5 Å². The normalized spacial score (nSPS) is 23.4. The number of methoxy groups -OCH3 is 1. The molecule has 1 atom stereocenters. The van der Waals surface area contributed by atoms with Crippen molar-refractivity contribution < 1.29 is 19.1 Å². The largest absolute Gasteiger partial charge is 0.495 e. The Morgan fingerprint density at radius 2 is 1.78 bits per heavy atom. The van der Waals surface area contributed by atoms with E-state index in [9.17, 15) is 9.59 Å². The molecule has 2 N–H and O–H groups in total. The van der Waals surface area contributed by atoms with Crippen LogP contribution < -0.4 is 25.2 Å². The lowest BCUT2D eigenvalue weighted by atomic mass is 9.89. The molecule has 0 radical (unpaired) electrons. The van der Waals surface area contributed by atoms with Crippen molar-refractivity contribution in [1.29, 1.82) is 0 Å². The second-order valence-electron chi connectivity index (χ2n) is 11.7. The molecule has 3 aliphatic rings. The van der Waals surface area contributed by atoms with Gasteiger partial charge in [0, 0.05) is 49.5 Å². The second kappa shape index (κ2) is 12.7. The zero-order valence-corrected chi connectivity index (χ0v) is 25.1. The number of ether oxygens (including phenoxy) is 2. The van der Waals surface area contributed by atoms with E-state index in [1.165, 1.54) is 0 Å². The molecule has 1 saturated heterocycles. The number of carbonyl (C=O) groups is 2. The van der Waals surface area contributed by atoms with Gasteiger partial charge in [-0.2, -0.15) is 0 Å². The van der Waals surface area contributed by atoms with Gasteiger partial charge in [0.2, 0.25) is 5.91 Å². The van der Waals surface area contributed by atoms with E-state index in [-0.39, 0.29) is 29.9 Å². The van der Waals surface area contributed by atoms with Crippen LogP contribution in [-0.4, -0.2) is 81.3 Å². The standard InChI is InChI=1S/C32H45N5O4/c1-6-27-32(39)35(4)28-14-10-24(20-29(28)37(27)21(2)3)33-26-13-7-22(19-30(26)40-5)31(38)34-23-8-11-25(12-9-23)36-15-17-41-18-16-36/h7,10,13-14,19-21,23,25,27,33H,6,8-9,11-12,15-18H2,1-5H3,(H,34,38)/t23?,25?,27-/m1/s1. The summed E-state index contributed by atoms with van der Waals surface area (Å²) >= 11 is 0. The summed E-state index contributed by atoms with van der Waals surface area (Å²) < 4.78 is 11.2. The lowest BCUT2D eigenvalue weighted by Gasteiger charge is -2.44. The summed E-state index contributed by atoms with van der Waals surface area (Å²) in [5.74, 6) is 0.658. The summed E-state index contributed by atoms with van der Waals surface area (Å²) in [5, 5.41) is 6.73. The number of amides is 2. The number of likely N-dealkylation sites (N-methyl/N-ethyl adjacent to an activating group) is 1. The monoisotopic (exact) mass is 563 g/mol. The van der Waals surface area contributed by atoms with Gasteiger partial charge >= 0.3 is 0 Å². The summed E-state index contributed by atoms with van der Waals surface area (Å²) in [5.41, 5.74) is 4.18. The maximum atomic E-state index is 13.2. The number of benzene rings is 2. The number of nitrogens with one attached hydrogen (secondary N) is 2. The highest BCUT2D eigenvalue weighted by atomic mass is 16.5. The molecule has 2 heterocycles. The first kappa shape index (κ1) is 29.2. The topological polar surface area (TPSA) is 86.4 Å². The number of carbonyl (C=O) groups excluding carboxylic acids is 2. The molecule has 222 valence electrons. The maximum absolute atomic E-state index is 13.2. The maximum Gasteiger partial charge on any atom is 0.251 e. The fourth-order valence-electron chi connectivity index (χ4n) is 6.62. The molecule has 41 heavy (non-hydrogen) atoms. The van der Waals surface area contributed by atoms with Gasteiger partial charge in [0.25, 0.3) is 5.91 Å². The Bertz CT molecular complexity index is 1240. The first-order chi connectivity index (χ1) is 19.8. The minimum Gasteiger partial charge on any atom is -0.495 e. The highest BCUT2D eigenvalue weighted by Gasteiger charge is 2.37. The van der Waals surface area contributed by atoms with Crippen LogP contribution >= 0.6 is 0 Å². The molecule has 0 unspecified atom stereocenters. The van der Waals surface area contributed by atoms with E-state index in [4.69, 9.17) is 9.47 Å². The van der Waals surface area contributed by atoms with E-state index in [1.807, 2.05) is 31.3 Å². The average molecular weight is 564 g/mol. The van der Waals surface area contributed by atoms with E-state index >= 15 is 0 Å². The third kappa shape index (κ3) is 6.16. The van der Waals surface area contributed by atoms with E-state index in [0.717, 1.165) is 81.2 Å². The van der Waals surface area contributed by atoms with Crippen LogP contribution in [0.3, 0.4) is 0 Å². The highest BCUT2D eigenvalue weighted by molar-refractivity contribution is 6.05. The van der Waals surface area contributed by atoms with Gasteiger partial charge in [-0.1, -0.05) is 6.92 Å². The Morgan fingerprint density at radius 3 is 2.44 bits per heavy atom. The fourth-order valence-corrected chi connectivity index (χ4v) is 6.62. The van der Waals surface area contributed by atoms with Gasteiger partial charge in [-0.05, 0) is 82.3 Å². The van der Waals surface area contributed by atoms with E-state index in [0.29, 0.717) is 17.4 Å². The van der Waals surface area contributed by atoms with Crippen LogP contribution in [0.25, 0.3) is 0 Å². The predicted octanol–water partition coefficient (Wildman–Crippen LogP) is 4.78. The van der Waals surface area contributed by atoms with E-state index in [1.54, 1.807) is 18.1 Å². The third-order valence-electron chi connectivity index (χ3n) is 8.85. The smallest absolute Gasteiger partial charge is 0.251 e. The molecular weight excluding hydrogens is 518 g/mol. The highest BCUT2D eigenvalue weighted by Crippen LogP contribution is 2.40. The van der Waals surface area contributed by atoms with Crippen LogP contribution in [0.5, 0.6) is 5.75 Å². The van der Waals surface area contributed by atoms with Gasteiger partial charge in [-0.15, -0.1) is 0 Å². The van der Waals surface area contributed by atoms with E-state index in [2.05, 4.69) is 47.3 Å². The molecule has 0 aromatic heterocycles. The van der Waals surface area contributed by atoms with Crippen molar-refractivity contribution in [3.05, 3.63) is 42.0 Å². The molecule has 2 fully saturated rings. The minimum atomic E-state index is -0.190. The molecule has 2 aromatic rings. The third-order valence-corrected chi connectivity index (χ3v) is 8.85. The number of fused-ring (bicyclic) bond motifs is 1. The van der Waals surface area contributed by atoms with Crippen LogP contribution in [0.1, 0.15) is 63.2 Å². The van der Waals surface area contributed by atoms with Gasteiger partial charge in [0.1, 0.15) is 11.8 Å². The summed E-state index contributed by atoms with van der Waals surface area (Å²) in [6, 6.07) is 12.4. The van der Waals surface area contributed by atoms with Gasteiger partial charge in [0.15, 0.2) is 0 Å². The predicted molar refractivity (Wildman–Crippen MR) is 164 cm³/mol. The van der Waals surface area contributed by atoms with Crippen molar-refractivity contribution in [2.24, 2.45) is 0 Å². The van der Waals surface area contributed by atoms with Crippen LogP contribution in [0.15, 0.2) is 36.4 Å². The molecule has 9 heteroatoms. The van der Waals surface area contributed by atoms with Crippen LogP contribution in [-0.2, 0) is 9.53 Å². The summed E-state index contributed by atoms with van der Waals surface area (Å²) in [4.78, 5) is 32.7. The second-order valence-corrected chi connectivity index (χ2v) is 11.7. The lowest BCUT2D eigenvalue weighted by molar-refractivity contribution is -0.120. The molecule has 2 aliphatic heterocycles.